The second-order valence-corrected chi connectivity index (χ2v) is 5.05. The number of aryl methyl sites for hydroxylation is 2. The minimum atomic E-state index is -0.263. The highest BCUT2D eigenvalue weighted by atomic mass is 16.5. The van der Waals surface area contributed by atoms with Crippen molar-refractivity contribution in [3.8, 4) is 11.5 Å². The molecule has 1 heterocycles. The average Bonchev–Trinajstić information content (AvgIpc) is 2.54. The van der Waals surface area contributed by atoms with Crippen molar-refractivity contribution in [3.05, 3.63) is 70.1 Å². The quantitative estimate of drug-likeness (QED) is 0.802. The zero-order valence-corrected chi connectivity index (χ0v) is 12.2. The van der Waals surface area contributed by atoms with Crippen LogP contribution >= 0.6 is 0 Å². The lowest BCUT2D eigenvalue weighted by Crippen LogP contribution is -2.04. The van der Waals surface area contributed by atoms with Gasteiger partial charge in [-0.15, -0.1) is 0 Å². The minimum absolute atomic E-state index is 0.0980. The zero-order chi connectivity index (χ0) is 15.5. The van der Waals surface area contributed by atoms with Gasteiger partial charge in [0.2, 0.25) is 0 Å². The first-order chi connectivity index (χ1) is 10.7. The van der Waals surface area contributed by atoms with E-state index in [9.17, 15) is 9.90 Å². The molecule has 0 radical (unpaired) electrons. The minimum Gasteiger partial charge on any atom is -0.507 e. The Kier molecular flexibility index (Phi) is 3.83. The molecule has 2 aromatic carbocycles. The third-order valence-corrected chi connectivity index (χ3v) is 3.59. The number of phenols is 1. The number of hydrogen-bond donors (Lipinski definition) is 1. The lowest BCUT2D eigenvalue weighted by atomic mass is 10.1. The molecule has 4 nitrogen and oxygen atoms in total. The van der Waals surface area contributed by atoms with Crippen molar-refractivity contribution in [2.75, 3.05) is 7.11 Å². The zero-order valence-electron chi connectivity index (χ0n) is 12.2. The van der Waals surface area contributed by atoms with Gasteiger partial charge in [-0.25, -0.2) is 0 Å². The van der Waals surface area contributed by atoms with Gasteiger partial charge in [0.1, 0.15) is 16.9 Å². The third-order valence-electron chi connectivity index (χ3n) is 3.59. The van der Waals surface area contributed by atoms with Gasteiger partial charge in [-0.2, -0.15) is 0 Å². The van der Waals surface area contributed by atoms with E-state index >= 15 is 0 Å². The van der Waals surface area contributed by atoms with Crippen LogP contribution in [0.15, 0.2) is 57.7 Å². The number of aromatic hydroxyl groups is 1. The van der Waals surface area contributed by atoms with Crippen LogP contribution in [0.1, 0.15) is 11.3 Å². The molecule has 0 fully saturated rings. The largest absolute Gasteiger partial charge is 0.507 e. The van der Waals surface area contributed by atoms with E-state index in [1.165, 1.54) is 24.8 Å². The van der Waals surface area contributed by atoms with Crippen LogP contribution in [0, 0.1) is 0 Å². The maximum absolute atomic E-state index is 12.2. The van der Waals surface area contributed by atoms with Gasteiger partial charge in [0.15, 0.2) is 16.8 Å². The Hall–Kier alpha value is -2.75. The molecule has 0 saturated carbocycles. The van der Waals surface area contributed by atoms with Gasteiger partial charge in [-0.3, -0.25) is 4.79 Å². The summed E-state index contributed by atoms with van der Waals surface area (Å²) >= 11 is 0. The molecule has 0 aliphatic rings. The van der Waals surface area contributed by atoms with Gasteiger partial charge in [0.05, 0.1) is 7.11 Å². The lowest BCUT2D eigenvalue weighted by molar-refractivity contribution is 0.403. The molecule has 1 aromatic heterocycles. The Morgan fingerprint density at radius 3 is 2.59 bits per heavy atom. The van der Waals surface area contributed by atoms with Gasteiger partial charge in [0.25, 0.3) is 0 Å². The molecular weight excluding hydrogens is 280 g/mol. The van der Waals surface area contributed by atoms with E-state index in [0.29, 0.717) is 17.9 Å². The van der Waals surface area contributed by atoms with E-state index in [4.69, 9.17) is 9.15 Å². The van der Waals surface area contributed by atoms with Gasteiger partial charge < -0.3 is 14.3 Å². The van der Waals surface area contributed by atoms with E-state index in [0.717, 1.165) is 6.42 Å². The summed E-state index contributed by atoms with van der Waals surface area (Å²) in [5, 5.41) is 10.0. The smallest absolute Gasteiger partial charge is 0.196 e. The summed E-state index contributed by atoms with van der Waals surface area (Å²) < 4.78 is 11.0. The van der Waals surface area contributed by atoms with Crippen LogP contribution in [0.25, 0.3) is 11.0 Å². The van der Waals surface area contributed by atoms with Crippen molar-refractivity contribution in [2.45, 2.75) is 12.8 Å². The van der Waals surface area contributed by atoms with Crippen LogP contribution in [-0.4, -0.2) is 12.2 Å². The highest BCUT2D eigenvalue weighted by Gasteiger charge is 2.13. The lowest BCUT2D eigenvalue weighted by Gasteiger charge is -2.08. The SMILES string of the molecule is COc1ccc(O)c2c(=O)cc(CCc3ccccc3)oc12. The van der Waals surface area contributed by atoms with Crippen LogP contribution < -0.4 is 10.2 Å². The highest BCUT2D eigenvalue weighted by Crippen LogP contribution is 2.30. The van der Waals surface area contributed by atoms with Gasteiger partial charge in [-0.1, -0.05) is 30.3 Å². The first-order valence-electron chi connectivity index (χ1n) is 7.05. The van der Waals surface area contributed by atoms with Crippen LogP contribution in [-0.2, 0) is 12.8 Å². The van der Waals surface area contributed by atoms with Crippen molar-refractivity contribution in [3.63, 3.8) is 0 Å². The molecule has 3 rings (SSSR count). The van der Waals surface area contributed by atoms with Crippen LogP contribution in [0.2, 0.25) is 0 Å². The Bertz CT molecular complexity index is 850. The molecule has 1 N–H and O–H groups in total. The van der Waals surface area contributed by atoms with E-state index in [2.05, 4.69) is 0 Å². The van der Waals surface area contributed by atoms with E-state index in [1.807, 2.05) is 30.3 Å². The van der Waals surface area contributed by atoms with Gasteiger partial charge >= 0.3 is 0 Å². The maximum Gasteiger partial charge on any atom is 0.196 e. The monoisotopic (exact) mass is 296 g/mol. The highest BCUT2D eigenvalue weighted by molar-refractivity contribution is 5.88. The van der Waals surface area contributed by atoms with Crippen molar-refractivity contribution in [1.82, 2.24) is 0 Å². The number of hydrogen-bond acceptors (Lipinski definition) is 4. The summed E-state index contributed by atoms with van der Waals surface area (Å²) in [4.78, 5) is 12.2. The van der Waals surface area contributed by atoms with Gasteiger partial charge in [0, 0.05) is 12.5 Å². The molecule has 22 heavy (non-hydrogen) atoms. The molecule has 0 aliphatic heterocycles. The fraction of sp³-hybridized carbons (Fsp3) is 0.167. The molecule has 0 atom stereocenters. The Morgan fingerprint density at radius 1 is 1.09 bits per heavy atom. The van der Waals surface area contributed by atoms with Crippen LogP contribution in [0.5, 0.6) is 11.5 Å². The van der Waals surface area contributed by atoms with E-state index in [-0.39, 0.29) is 22.1 Å². The van der Waals surface area contributed by atoms with Crippen molar-refractivity contribution >= 4 is 11.0 Å². The summed E-state index contributed by atoms with van der Waals surface area (Å²) in [7, 11) is 1.50. The van der Waals surface area contributed by atoms with E-state index in [1.54, 1.807) is 6.07 Å². The molecule has 0 spiro atoms. The molecule has 0 unspecified atom stereocenters. The normalized spacial score (nSPS) is 10.8. The van der Waals surface area contributed by atoms with E-state index < -0.39 is 0 Å². The number of benzene rings is 2. The molecule has 4 heteroatoms. The predicted molar refractivity (Wildman–Crippen MR) is 84.6 cm³/mol. The second-order valence-electron chi connectivity index (χ2n) is 5.05. The van der Waals surface area contributed by atoms with Crippen molar-refractivity contribution in [1.29, 1.82) is 0 Å². The van der Waals surface area contributed by atoms with Crippen LogP contribution in [0.4, 0.5) is 0 Å². The van der Waals surface area contributed by atoms with Crippen molar-refractivity contribution in [2.24, 2.45) is 0 Å². The number of fused-ring (bicyclic) bond motifs is 1. The number of phenolic OH excluding ortho intramolecular Hbond substituents is 1. The maximum atomic E-state index is 12.2. The molecule has 0 aliphatic carbocycles. The summed E-state index contributed by atoms with van der Waals surface area (Å²) in [6.07, 6.45) is 1.38. The molecule has 3 aromatic rings. The first kappa shape index (κ1) is 14.2. The fourth-order valence-corrected chi connectivity index (χ4v) is 2.47. The Balaban J connectivity index is 2.00. The van der Waals surface area contributed by atoms with Gasteiger partial charge in [-0.05, 0) is 24.1 Å². The average molecular weight is 296 g/mol. The van der Waals surface area contributed by atoms with Crippen LogP contribution in [0.3, 0.4) is 0 Å². The topological polar surface area (TPSA) is 59.7 Å². The summed E-state index contributed by atoms with van der Waals surface area (Å²) in [6.45, 7) is 0. The Morgan fingerprint density at radius 2 is 1.86 bits per heavy atom. The summed E-state index contributed by atoms with van der Waals surface area (Å²) in [5.74, 6) is 0.913. The summed E-state index contributed by atoms with van der Waals surface area (Å²) in [5.41, 5.74) is 1.20. The standard InChI is InChI=1S/C18H16O4/c1-21-16-10-9-14(19)17-15(20)11-13(22-18(16)17)8-7-12-5-3-2-4-6-12/h2-6,9-11,19H,7-8H2,1H3. The molecule has 0 saturated heterocycles. The number of ether oxygens (including phenoxy) is 1. The molecule has 0 amide bonds. The molecular formula is C18H16O4. The number of rotatable bonds is 4. The molecule has 112 valence electrons. The summed E-state index contributed by atoms with van der Waals surface area (Å²) in [6, 6.07) is 14.4. The Labute approximate surface area is 127 Å². The van der Waals surface area contributed by atoms with Crippen molar-refractivity contribution < 1.29 is 14.3 Å². The third kappa shape index (κ3) is 2.68. The molecule has 0 bridgehead atoms. The predicted octanol–water partition coefficient (Wildman–Crippen LogP) is 3.29. The first-order valence-corrected chi connectivity index (χ1v) is 7.05. The second kappa shape index (κ2) is 5.93. The number of methoxy groups -OCH3 is 1. The fourth-order valence-electron chi connectivity index (χ4n) is 2.47.